The molecule has 2 heteroatoms. The highest BCUT2D eigenvalue weighted by Crippen LogP contribution is 2.33. The number of carboxylic acids is 1. The molecule has 25 heavy (non-hydrogen) atoms. The number of unbranched alkanes of at least 4 members (excludes halogenated alkanes) is 1. The van der Waals surface area contributed by atoms with Gasteiger partial charge in [-0.1, -0.05) is 68.7 Å². The summed E-state index contributed by atoms with van der Waals surface area (Å²) in [5.74, 6) is -0.0147. The van der Waals surface area contributed by atoms with E-state index in [1.165, 1.54) is 49.7 Å². The van der Waals surface area contributed by atoms with Gasteiger partial charge in [0.2, 0.25) is 0 Å². The summed E-state index contributed by atoms with van der Waals surface area (Å²) in [6.45, 7) is 2.26. The van der Waals surface area contributed by atoms with Crippen molar-refractivity contribution in [2.75, 3.05) is 0 Å². The largest absolute Gasteiger partial charge is 0.478 e. The van der Waals surface area contributed by atoms with Gasteiger partial charge in [0.25, 0.3) is 0 Å². The highest BCUT2D eigenvalue weighted by molar-refractivity contribution is 5.88. The van der Waals surface area contributed by atoms with Gasteiger partial charge in [-0.15, -0.1) is 0 Å². The van der Waals surface area contributed by atoms with E-state index in [4.69, 9.17) is 5.11 Å². The number of carbonyl (C=O) groups is 1. The Morgan fingerprint density at radius 3 is 2.12 bits per heavy atom. The molecule has 0 spiro atoms. The van der Waals surface area contributed by atoms with Crippen LogP contribution in [0.1, 0.15) is 61.4 Å². The topological polar surface area (TPSA) is 37.3 Å². The summed E-state index contributed by atoms with van der Waals surface area (Å²) in [6.07, 6.45) is 10.1. The molecule has 0 heterocycles. The summed E-state index contributed by atoms with van der Waals surface area (Å²) in [5.41, 5.74) is 5.29. The van der Waals surface area contributed by atoms with Crippen molar-refractivity contribution in [1.82, 2.24) is 0 Å². The summed E-state index contributed by atoms with van der Waals surface area (Å²) in [4.78, 5) is 10.9. The minimum atomic E-state index is -0.886. The van der Waals surface area contributed by atoms with Gasteiger partial charge in [0.15, 0.2) is 0 Å². The van der Waals surface area contributed by atoms with Crippen molar-refractivity contribution in [2.24, 2.45) is 5.92 Å². The summed E-state index contributed by atoms with van der Waals surface area (Å²) in [7, 11) is 0. The Bertz CT molecular complexity index is 739. The molecule has 1 atom stereocenters. The fourth-order valence-corrected chi connectivity index (χ4v) is 3.59. The van der Waals surface area contributed by atoms with Crippen molar-refractivity contribution in [2.45, 2.75) is 45.4 Å². The lowest BCUT2D eigenvalue weighted by molar-refractivity contribution is 0.0697. The number of allylic oxidation sites excluding steroid dienone is 2. The molecule has 0 fully saturated rings. The van der Waals surface area contributed by atoms with Crippen molar-refractivity contribution in [1.29, 1.82) is 0 Å². The van der Waals surface area contributed by atoms with E-state index in [0.29, 0.717) is 5.56 Å². The van der Waals surface area contributed by atoms with E-state index in [2.05, 4.69) is 37.3 Å². The molecule has 2 nitrogen and oxygen atoms in total. The number of hydrogen-bond donors (Lipinski definition) is 1. The molecule has 0 saturated heterocycles. The summed E-state index contributed by atoms with van der Waals surface area (Å²) in [6, 6.07) is 15.7. The van der Waals surface area contributed by atoms with Crippen molar-refractivity contribution in [3.05, 3.63) is 65.7 Å². The first-order valence-electron chi connectivity index (χ1n) is 9.30. The van der Waals surface area contributed by atoms with Gasteiger partial charge in [-0.2, -0.15) is 0 Å². The Labute approximate surface area is 150 Å². The van der Waals surface area contributed by atoms with Crippen LogP contribution >= 0.6 is 0 Å². The number of benzene rings is 2. The SMILES string of the molecule is CCCCC1CC=C(c2ccc(-c3ccc(C(=O)O)cc3)cc2)CC1. The van der Waals surface area contributed by atoms with E-state index < -0.39 is 5.97 Å². The minimum absolute atomic E-state index is 0.324. The van der Waals surface area contributed by atoms with E-state index in [-0.39, 0.29) is 0 Å². The first-order chi connectivity index (χ1) is 12.2. The molecule has 130 valence electrons. The fourth-order valence-electron chi connectivity index (χ4n) is 3.59. The molecule has 0 amide bonds. The van der Waals surface area contributed by atoms with Crippen molar-refractivity contribution in [3.8, 4) is 11.1 Å². The molecular formula is C23H26O2. The van der Waals surface area contributed by atoms with Gasteiger partial charge in [-0.05, 0) is 59.6 Å². The van der Waals surface area contributed by atoms with Crippen LogP contribution in [0.15, 0.2) is 54.6 Å². The zero-order valence-electron chi connectivity index (χ0n) is 14.9. The molecular weight excluding hydrogens is 308 g/mol. The summed E-state index contributed by atoms with van der Waals surface area (Å²) < 4.78 is 0. The number of aromatic carboxylic acids is 1. The predicted octanol–water partition coefficient (Wildman–Crippen LogP) is 6.43. The molecule has 2 aromatic carbocycles. The third-order valence-corrected chi connectivity index (χ3v) is 5.21. The van der Waals surface area contributed by atoms with E-state index >= 15 is 0 Å². The van der Waals surface area contributed by atoms with Crippen LogP contribution in [0, 0.1) is 5.92 Å². The Morgan fingerprint density at radius 2 is 1.60 bits per heavy atom. The lowest BCUT2D eigenvalue weighted by Crippen LogP contribution is -2.05. The quantitative estimate of drug-likeness (QED) is 0.661. The molecule has 3 rings (SSSR count). The average Bonchev–Trinajstić information content (AvgIpc) is 2.67. The van der Waals surface area contributed by atoms with Gasteiger partial charge in [0.1, 0.15) is 0 Å². The first kappa shape index (κ1) is 17.5. The van der Waals surface area contributed by atoms with Crippen LogP contribution in [0.2, 0.25) is 0 Å². The standard InChI is InChI=1S/C23H26O2/c1-2-3-4-17-5-7-18(8-6-17)19-9-11-20(12-10-19)21-13-15-22(16-14-21)23(24)25/h7,9-17H,2-6,8H2,1H3,(H,24,25). The van der Waals surface area contributed by atoms with Crippen LogP contribution in [0.5, 0.6) is 0 Å². The maximum atomic E-state index is 10.9. The van der Waals surface area contributed by atoms with Gasteiger partial charge in [0.05, 0.1) is 5.56 Å². The minimum Gasteiger partial charge on any atom is -0.478 e. The van der Waals surface area contributed by atoms with Gasteiger partial charge in [-0.3, -0.25) is 0 Å². The van der Waals surface area contributed by atoms with Crippen molar-refractivity contribution >= 4 is 11.5 Å². The zero-order valence-corrected chi connectivity index (χ0v) is 14.9. The molecule has 1 unspecified atom stereocenters. The van der Waals surface area contributed by atoms with E-state index in [9.17, 15) is 4.79 Å². The molecule has 0 aliphatic heterocycles. The molecule has 1 aliphatic rings. The maximum absolute atomic E-state index is 10.9. The second-order valence-corrected chi connectivity index (χ2v) is 6.97. The van der Waals surface area contributed by atoms with Crippen LogP contribution < -0.4 is 0 Å². The number of carboxylic acid groups (broad SMARTS) is 1. The summed E-state index contributed by atoms with van der Waals surface area (Å²) in [5, 5.41) is 8.99. The predicted molar refractivity (Wildman–Crippen MR) is 104 cm³/mol. The van der Waals surface area contributed by atoms with E-state index in [0.717, 1.165) is 17.0 Å². The Balaban J connectivity index is 1.68. The maximum Gasteiger partial charge on any atom is 0.335 e. The second kappa shape index (κ2) is 8.15. The highest BCUT2D eigenvalue weighted by atomic mass is 16.4. The fraction of sp³-hybridized carbons (Fsp3) is 0.348. The lowest BCUT2D eigenvalue weighted by atomic mass is 9.84. The van der Waals surface area contributed by atoms with Gasteiger partial charge < -0.3 is 5.11 Å². The molecule has 1 aliphatic carbocycles. The lowest BCUT2D eigenvalue weighted by Gasteiger charge is -2.22. The number of rotatable bonds is 6. The third-order valence-electron chi connectivity index (χ3n) is 5.21. The molecule has 0 bridgehead atoms. The molecule has 0 saturated carbocycles. The van der Waals surface area contributed by atoms with Crippen LogP contribution in [0.3, 0.4) is 0 Å². The third kappa shape index (κ3) is 4.39. The van der Waals surface area contributed by atoms with Crippen LogP contribution in [0.4, 0.5) is 0 Å². The molecule has 1 N–H and O–H groups in total. The smallest absolute Gasteiger partial charge is 0.335 e. The van der Waals surface area contributed by atoms with Crippen molar-refractivity contribution < 1.29 is 9.90 Å². The average molecular weight is 334 g/mol. The Hall–Kier alpha value is -2.35. The van der Waals surface area contributed by atoms with Crippen LogP contribution in [-0.2, 0) is 0 Å². The second-order valence-electron chi connectivity index (χ2n) is 6.97. The van der Waals surface area contributed by atoms with Crippen LogP contribution in [-0.4, -0.2) is 11.1 Å². The first-order valence-corrected chi connectivity index (χ1v) is 9.30. The summed E-state index contributed by atoms with van der Waals surface area (Å²) >= 11 is 0. The highest BCUT2D eigenvalue weighted by Gasteiger charge is 2.15. The Morgan fingerprint density at radius 1 is 1.00 bits per heavy atom. The van der Waals surface area contributed by atoms with Crippen LogP contribution in [0.25, 0.3) is 16.7 Å². The molecule has 2 aromatic rings. The van der Waals surface area contributed by atoms with E-state index in [1.54, 1.807) is 12.1 Å². The Kier molecular flexibility index (Phi) is 5.70. The zero-order chi connectivity index (χ0) is 17.6. The number of hydrogen-bond acceptors (Lipinski definition) is 1. The van der Waals surface area contributed by atoms with Gasteiger partial charge in [-0.25, -0.2) is 4.79 Å². The molecule has 0 aromatic heterocycles. The monoisotopic (exact) mass is 334 g/mol. The molecule has 0 radical (unpaired) electrons. The van der Waals surface area contributed by atoms with Gasteiger partial charge in [0, 0.05) is 0 Å². The van der Waals surface area contributed by atoms with E-state index in [1.807, 2.05) is 12.1 Å². The van der Waals surface area contributed by atoms with Crippen molar-refractivity contribution in [3.63, 3.8) is 0 Å². The van der Waals surface area contributed by atoms with Gasteiger partial charge >= 0.3 is 5.97 Å². The normalized spacial score (nSPS) is 17.2.